The van der Waals surface area contributed by atoms with E-state index in [1.165, 1.54) is 7.11 Å². The molecule has 1 N–H and O–H groups in total. The van der Waals surface area contributed by atoms with Crippen LogP contribution in [0.1, 0.15) is 22.8 Å². The van der Waals surface area contributed by atoms with Gasteiger partial charge in [-0.05, 0) is 16.7 Å². The molecule has 0 spiro atoms. The van der Waals surface area contributed by atoms with E-state index in [4.69, 9.17) is 9.47 Å². The third-order valence-corrected chi connectivity index (χ3v) is 4.50. The summed E-state index contributed by atoms with van der Waals surface area (Å²) in [5.74, 6) is -0.652. The van der Waals surface area contributed by atoms with E-state index < -0.39 is 17.7 Å². The second-order valence-corrected chi connectivity index (χ2v) is 6.18. The zero-order chi connectivity index (χ0) is 19.1. The van der Waals surface area contributed by atoms with Crippen molar-refractivity contribution in [3.8, 4) is 0 Å². The number of aliphatic hydroxyl groups is 1. The maximum Gasteiger partial charge on any atom is 0.346 e. The van der Waals surface area contributed by atoms with Gasteiger partial charge in [-0.3, -0.25) is 0 Å². The van der Waals surface area contributed by atoms with Crippen molar-refractivity contribution < 1.29 is 19.4 Å². The lowest BCUT2D eigenvalue weighted by molar-refractivity contribution is -0.194. The zero-order valence-electron chi connectivity index (χ0n) is 15.1. The normalized spacial score (nSPS) is 14.1. The molecular weight excluding hydrogens is 340 g/mol. The van der Waals surface area contributed by atoms with Crippen LogP contribution in [-0.4, -0.2) is 18.2 Å². The maximum absolute atomic E-state index is 13.0. The summed E-state index contributed by atoms with van der Waals surface area (Å²) in [5.41, 5.74) is 0.304. The number of esters is 1. The van der Waals surface area contributed by atoms with Crippen molar-refractivity contribution in [1.82, 2.24) is 0 Å². The fraction of sp³-hybridized carbons (Fsp3) is 0.174. The molecule has 0 aliphatic rings. The minimum atomic E-state index is -1.69. The van der Waals surface area contributed by atoms with Crippen molar-refractivity contribution in [3.05, 3.63) is 108 Å². The van der Waals surface area contributed by atoms with Crippen LogP contribution in [0.4, 0.5) is 0 Å². The van der Waals surface area contributed by atoms with Crippen LogP contribution in [0.2, 0.25) is 0 Å². The van der Waals surface area contributed by atoms with Crippen molar-refractivity contribution in [2.45, 2.75) is 18.3 Å². The highest BCUT2D eigenvalue weighted by Gasteiger charge is 2.50. The average Bonchev–Trinajstić information content (AvgIpc) is 2.75. The topological polar surface area (TPSA) is 55.8 Å². The number of rotatable bonds is 7. The van der Waals surface area contributed by atoms with Gasteiger partial charge in [0.2, 0.25) is 5.60 Å². The van der Waals surface area contributed by atoms with Gasteiger partial charge in [0, 0.05) is 0 Å². The number of aliphatic hydroxyl groups excluding tert-OH is 1. The minimum absolute atomic E-state index is 0.148. The quantitative estimate of drug-likeness (QED) is 0.646. The molecule has 3 aromatic carbocycles. The third-order valence-electron chi connectivity index (χ3n) is 4.50. The molecule has 138 valence electrons. The van der Waals surface area contributed by atoms with Gasteiger partial charge in [-0.15, -0.1) is 0 Å². The first-order valence-electron chi connectivity index (χ1n) is 8.73. The number of carbonyl (C=O) groups is 1. The predicted molar refractivity (Wildman–Crippen MR) is 103 cm³/mol. The molecule has 0 saturated heterocycles. The highest BCUT2D eigenvalue weighted by atomic mass is 16.6. The van der Waals surface area contributed by atoms with E-state index in [1.54, 1.807) is 36.4 Å². The Hall–Kier alpha value is -2.95. The number of methoxy groups -OCH3 is 1. The molecule has 0 amide bonds. The Bertz CT molecular complexity index is 849. The van der Waals surface area contributed by atoms with Crippen LogP contribution in [0.15, 0.2) is 91.0 Å². The first-order valence-corrected chi connectivity index (χ1v) is 8.73. The maximum atomic E-state index is 13.0. The number of benzene rings is 3. The molecule has 2 unspecified atom stereocenters. The summed E-state index contributed by atoms with van der Waals surface area (Å²) in [6, 6.07) is 27.5. The molecular formula is C23H22O4. The van der Waals surface area contributed by atoms with Gasteiger partial charge < -0.3 is 14.6 Å². The van der Waals surface area contributed by atoms with E-state index in [2.05, 4.69) is 0 Å². The van der Waals surface area contributed by atoms with Gasteiger partial charge in [0.25, 0.3) is 0 Å². The van der Waals surface area contributed by atoms with Gasteiger partial charge in [0.15, 0.2) is 0 Å². The molecule has 2 atom stereocenters. The molecule has 0 saturated carbocycles. The molecule has 3 aromatic rings. The molecule has 4 nitrogen and oxygen atoms in total. The highest BCUT2D eigenvalue weighted by molar-refractivity contribution is 5.82. The van der Waals surface area contributed by atoms with Crippen molar-refractivity contribution in [2.75, 3.05) is 7.11 Å². The zero-order valence-corrected chi connectivity index (χ0v) is 15.1. The van der Waals surface area contributed by atoms with Crippen LogP contribution in [0.25, 0.3) is 0 Å². The van der Waals surface area contributed by atoms with E-state index in [9.17, 15) is 9.90 Å². The molecule has 0 aliphatic heterocycles. The molecule has 27 heavy (non-hydrogen) atoms. The Morgan fingerprint density at radius 1 is 0.889 bits per heavy atom. The van der Waals surface area contributed by atoms with Gasteiger partial charge in [-0.2, -0.15) is 0 Å². The lowest BCUT2D eigenvalue weighted by Gasteiger charge is -2.36. The summed E-state index contributed by atoms with van der Waals surface area (Å²) < 4.78 is 11.2. The van der Waals surface area contributed by atoms with Crippen molar-refractivity contribution in [2.24, 2.45) is 0 Å². The minimum Gasteiger partial charge on any atom is -0.467 e. The van der Waals surface area contributed by atoms with Gasteiger partial charge in [0.1, 0.15) is 6.10 Å². The number of hydrogen-bond donors (Lipinski definition) is 1. The van der Waals surface area contributed by atoms with Crippen LogP contribution in [-0.2, 0) is 26.5 Å². The van der Waals surface area contributed by atoms with Crippen molar-refractivity contribution in [1.29, 1.82) is 0 Å². The standard InChI is InChI=1S/C23H22O4/c1-26-22(25)23(20-15-9-4-10-16-20,21(24)19-13-7-3-8-14-19)27-17-18-11-5-2-6-12-18/h2-16,21,24H,17H2,1H3. The summed E-state index contributed by atoms with van der Waals surface area (Å²) in [6.45, 7) is 0.148. The highest BCUT2D eigenvalue weighted by Crippen LogP contribution is 2.40. The molecule has 4 heteroatoms. The van der Waals surface area contributed by atoms with Gasteiger partial charge >= 0.3 is 5.97 Å². The van der Waals surface area contributed by atoms with E-state index in [-0.39, 0.29) is 6.61 Å². The Morgan fingerprint density at radius 2 is 1.41 bits per heavy atom. The smallest absolute Gasteiger partial charge is 0.346 e. The second kappa shape index (κ2) is 8.62. The monoisotopic (exact) mass is 362 g/mol. The van der Waals surface area contributed by atoms with Crippen LogP contribution in [0, 0.1) is 0 Å². The van der Waals surface area contributed by atoms with Crippen LogP contribution < -0.4 is 0 Å². The number of hydrogen-bond acceptors (Lipinski definition) is 4. The first kappa shape index (κ1) is 18.8. The van der Waals surface area contributed by atoms with Crippen molar-refractivity contribution in [3.63, 3.8) is 0 Å². The Balaban J connectivity index is 2.08. The molecule has 0 bridgehead atoms. The Kier molecular flexibility index (Phi) is 6.01. The molecule has 3 rings (SSSR count). The van der Waals surface area contributed by atoms with Gasteiger partial charge in [-0.1, -0.05) is 91.0 Å². The molecule has 0 aromatic heterocycles. The van der Waals surface area contributed by atoms with Gasteiger partial charge in [0.05, 0.1) is 13.7 Å². The summed E-state index contributed by atoms with van der Waals surface area (Å²) in [6.07, 6.45) is -1.24. The Labute approximate surface area is 159 Å². The third kappa shape index (κ3) is 3.92. The first-order chi connectivity index (χ1) is 13.2. The van der Waals surface area contributed by atoms with Crippen LogP contribution in [0.5, 0.6) is 0 Å². The fourth-order valence-corrected chi connectivity index (χ4v) is 3.09. The summed E-state index contributed by atoms with van der Waals surface area (Å²) in [7, 11) is 1.30. The summed E-state index contributed by atoms with van der Waals surface area (Å²) in [5, 5.41) is 11.2. The fourth-order valence-electron chi connectivity index (χ4n) is 3.09. The van der Waals surface area contributed by atoms with E-state index in [0.717, 1.165) is 5.56 Å². The summed E-state index contributed by atoms with van der Waals surface area (Å²) in [4.78, 5) is 13.0. The largest absolute Gasteiger partial charge is 0.467 e. The van der Waals surface area contributed by atoms with E-state index in [0.29, 0.717) is 11.1 Å². The molecule has 0 aliphatic carbocycles. The lowest BCUT2D eigenvalue weighted by atomic mass is 9.84. The number of carbonyl (C=O) groups excluding carboxylic acids is 1. The SMILES string of the molecule is COC(=O)C(OCc1ccccc1)(c1ccccc1)C(O)c1ccccc1. The predicted octanol–water partition coefficient (Wildman–Crippen LogP) is 4.01. The average molecular weight is 362 g/mol. The van der Waals surface area contributed by atoms with Crippen molar-refractivity contribution >= 4 is 5.97 Å². The number of ether oxygens (including phenoxy) is 2. The second-order valence-electron chi connectivity index (χ2n) is 6.18. The van der Waals surface area contributed by atoms with E-state index in [1.807, 2.05) is 54.6 Å². The molecule has 0 radical (unpaired) electrons. The Morgan fingerprint density at radius 3 is 1.96 bits per heavy atom. The molecule has 0 fully saturated rings. The lowest BCUT2D eigenvalue weighted by Crippen LogP contribution is -2.45. The molecule has 0 heterocycles. The van der Waals surface area contributed by atoms with Crippen LogP contribution in [0.3, 0.4) is 0 Å². The van der Waals surface area contributed by atoms with E-state index >= 15 is 0 Å². The van der Waals surface area contributed by atoms with Gasteiger partial charge in [-0.25, -0.2) is 4.79 Å². The summed E-state index contributed by atoms with van der Waals surface area (Å²) >= 11 is 0. The van der Waals surface area contributed by atoms with Crippen LogP contribution >= 0.6 is 0 Å².